The van der Waals surface area contributed by atoms with E-state index >= 15 is 0 Å². The smallest absolute Gasteiger partial charge is 0.257 e. The lowest BCUT2D eigenvalue weighted by Gasteiger charge is -2.13. The molecule has 0 heterocycles. The maximum Gasteiger partial charge on any atom is 0.257 e. The van der Waals surface area contributed by atoms with Crippen LogP contribution in [0.25, 0.3) is 0 Å². The van der Waals surface area contributed by atoms with Gasteiger partial charge in [0, 0.05) is 29.8 Å². The molecule has 0 atom stereocenters. The van der Waals surface area contributed by atoms with E-state index in [1.165, 1.54) is 26.2 Å². The number of halogens is 1. The van der Waals surface area contributed by atoms with Gasteiger partial charge in [-0.2, -0.15) is 0 Å². The molecule has 0 spiro atoms. The monoisotopic (exact) mass is 441 g/mol. The number of hydrogen-bond acceptors (Lipinski definition) is 4. The maximum absolute atomic E-state index is 12.1. The van der Waals surface area contributed by atoms with Crippen molar-refractivity contribution in [1.29, 1.82) is 0 Å². The van der Waals surface area contributed by atoms with Gasteiger partial charge >= 0.3 is 0 Å². The molecule has 132 valence electrons. The van der Waals surface area contributed by atoms with Gasteiger partial charge in [0.15, 0.2) is 5.11 Å². The van der Waals surface area contributed by atoms with Gasteiger partial charge in [-0.1, -0.05) is 22.0 Å². The highest BCUT2D eigenvalue weighted by molar-refractivity contribution is 9.10. The fourth-order valence-corrected chi connectivity index (χ4v) is 3.40. The molecule has 0 aromatic heterocycles. The Morgan fingerprint density at radius 2 is 1.76 bits per heavy atom. The van der Waals surface area contributed by atoms with E-state index in [2.05, 4.69) is 26.6 Å². The molecule has 6 nitrogen and oxygen atoms in total. The number of carbonyl (C=O) groups excluding carboxylic acids is 1. The van der Waals surface area contributed by atoms with Gasteiger partial charge in [-0.15, -0.1) is 0 Å². The first-order chi connectivity index (χ1) is 11.7. The van der Waals surface area contributed by atoms with Crippen LogP contribution in [0.15, 0.2) is 57.9 Å². The third kappa shape index (κ3) is 5.08. The minimum Gasteiger partial charge on any atom is -0.332 e. The molecular formula is C16H16BrN3O3S2. The molecule has 0 aliphatic carbocycles. The second-order valence-corrected chi connectivity index (χ2v) is 8.71. The average Bonchev–Trinajstić information content (AvgIpc) is 2.55. The number of anilines is 1. The Balaban J connectivity index is 2.02. The molecule has 2 rings (SSSR count). The number of carbonyl (C=O) groups is 1. The lowest BCUT2D eigenvalue weighted by atomic mass is 10.2. The average molecular weight is 442 g/mol. The van der Waals surface area contributed by atoms with E-state index in [0.29, 0.717) is 11.3 Å². The Kier molecular flexibility index (Phi) is 6.28. The Hall–Kier alpha value is -1.81. The summed E-state index contributed by atoms with van der Waals surface area (Å²) in [6.45, 7) is 0. The van der Waals surface area contributed by atoms with E-state index in [4.69, 9.17) is 12.2 Å². The van der Waals surface area contributed by atoms with E-state index in [-0.39, 0.29) is 15.9 Å². The fraction of sp³-hybridized carbons (Fsp3) is 0.125. The van der Waals surface area contributed by atoms with Crippen LogP contribution in [0.2, 0.25) is 0 Å². The number of benzene rings is 2. The Bertz CT molecular complexity index is 897. The summed E-state index contributed by atoms with van der Waals surface area (Å²) in [4.78, 5) is 12.3. The Labute approximate surface area is 160 Å². The molecule has 0 saturated carbocycles. The molecule has 2 N–H and O–H groups in total. The lowest BCUT2D eigenvalue weighted by Crippen LogP contribution is -2.34. The van der Waals surface area contributed by atoms with Crippen LogP contribution >= 0.6 is 28.1 Å². The number of rotatable bonds is 4. The Morgan fingerprint density at radius 1 is 1.12 bits per heavy atom. The fourth-order valence-electron chi connectivity index (χ4n) is 1.89. The topological polar surface area (TPSA) is 78.5 Å². The molecule has 25 heavy (non-hydrogen) atoms. The summed E-state index contributed by atoms with van der Waals surface area (Å²) in [5.41, 5.74) is 1.03. The molecule has 0 unspecified atom stereocenters. The van der Waals surface area contributed by atoms with E-state index in [1.54, 1.807) is 30.3 Å². The van der Waals surface area contributed by atoms with Gasteiger partial charge in [0.25, 0.3) is 5.91 Å². The van der Waals surface area contributed by atoms with Gasteiger partial charge < -0.3 is 5.32 Å². The largest absolute Gasteiger partial charge is 0.332 e. The number of amides is 1. The molecule has 0 aliphatic rings. The zero-order chi connectivity index (χ0) is 18.6. The van der Waals surface area contributed by atoms with Crippen molar-refractivity contribution < 1.29 is 13.2 Å². The number of thiocarbonyl (C=S) groups is 1. The summed E-state index contributed by atoms with van der Waals surface area (Å²) in [5, 5.41) is 5.53. The van der Waals surface area contributed by atoms with Crippen molar-refractivity contribution in [3.05, 3.63) is 58.6 Å². The van der Waals surface area contributed by atoms with Gasteiger partial charge in [0.2, 0.25) is 10.0 Å². The first-order valence-electron chi connectivity index (χ1n) is 7.10. The third-order valence-corrected chi connectivity index (χ3v) is 5.73. The highest BCUT2D eigenvalue weighted by Crippen LogP contribution is 2.16. The molecule has 0 saturated heterocycles. The van der Waals surface area contributed by atoms with E-state index in [0.717, 1.165) is 8.78 Å². The summed E-state index contributed by atoms with van der Waals surface area (Å²) in [6.07, 6.45) is 0. The van der Waals surface area contributed by atoms with E-state index in [9.17, 15) is 13.2 Å². The molecular weight excluding hydrogens is 426 g/mol. The van der Waals surface area contributed by atoms with Crippen LogP contribution in [0.5, 0.6) is 0 Å². The third-order valence-electron chi connectivity index (χ3n) is 3.20. The van der Waals surface area contributed by atoms with Crippen LogP contribution in [0.4, 0.5) is 5.69 Å². The molecule has 0 radical (unpaired) electrons. The zero-order valence-corrected chi connectivity index (χ0v) is 16.7. The summed E-state index contributed by atoms with van der Waals surface area (Å²) in [5.74, 6) is -0.342. The van der Waals surface area contributed by atoms with Crippen molar-refractivity contribution in [3.8, 4) is 0 Å². The van der Waals surface area contributed by atoms with Crippen molar-refractivity contribution >= 4 is 54.9 Å². The molecule has 1 amide bonds. The molecule has 2 aromatic carbocycles. The maximum atomic E-state index is 12.1. The van der Waals surface area contributed by atoms with Crippen LogP contribution < -0.4 is 10.6 Å². The molecule has 9 heteroatoms. The van der Waals surface area contributed by atoms with Gasteiger partial charge in [-0.25, -0.2) is 12.7 Å². The van der Waals surface area contributed by atoms with Gasteiger partial charge in [-0.05, 0) is 54.7 Å². The van der Waals surface area contributed by atoms with Gasteiger partial charge in [0.1, 0.15) is 0 Å². The summed E-state index contributed by atoms with van der Waals surface area (Å²) < 4.78 is 26.0. The highest BCUT2D eigenvalue weighted by Gasteiger charge is 2.16. The van der Waals surface area contributed by atoms with E-state index in [1.807, 2.05) is 6.07 Å². The zero-order valence-electron chi connectivity index (χ0n) is 13.5. The van der Waals surface area contributed by atoms with Crippen LogP contribution in [-0.2, 0) is 10.0 Å². The minimum absolute atomic E-state index is 0.119. The second kappa shape index (κ2) is 8.05. The quantitative estimate of drug-likeness (QED) is 0.713. The standard InChI is InChI=1S/C16H16BrN3O3S2/c1-20(2)25(22,23)14-8-6-13(7-9-14)18-16(24)19-15(21)11-4-3-5-12(17)10-11/h3-10H,1-2H3,(H2,18,19,21,24). The van der Waals surface area contributed by atoms with Crippen molar-refractivity contribution in [2.24, 2.45) is 0 Å². The van der Waals surface area contributed by atoms with Crippen molar-refractivity contribution in [3.63, 3.8) is 0 Å². The first kappa shape index (κ1) is 19.5. The predicted octanol–water partition coefficient (Wildman–Crippen LogP) is 2.83. The van der Waals surface area contributed by atoms with Crippen LogP contribution in [0, 0.1) is 0 Å². The highest BCUT2D eigenvalue weighted by atomic mass is 79.9. The second-order valence-electron chi connectivity index (χ2n) is 5.23. The van der Waals surface area contributed by atoms with Crippen LogP contribution in [0.3, 0.4) is 0 Å². The molecule has 0 fully saturated rings. The van der Waals surface area contributed by atoms with E-state index < -0.39 is 10.0 Å². The summed E-state index contributed by atoms with van der Waals surface area (Å²) >= 11 is 8.41. The van der Waals surface area contributed by atoms with Crippen molar-refractivity contribution in [2.75, 3.05) is 19.4 Å². The van der Waals surface area contributed by atoms with Gasteiger partial charge in [0.05, 0.1) is 4.90 Å². The van der Waals surface area contributed by atoms with Gasteiger partial charge in [-0.3, -0.25) is 10.1 Å². The predicted molar refractivity (Wildman–Crippen MR) is 105 cm³/mol. The SMILES string of the molecule is CN(C)S(=O)(=O)c1ccc(NC(=S)NC(=O)c2cccc(Br)c2)cc1. The number of hydrogen-bond donors (Lipinski definition) is 2. The van der Waals surface area contributed by atoms with Crippen molar-refractivity contribution in [1.82, 2.24) is 9.62 Å². The first-order valence-corrected chi connectivity index (χ1v) is 9.75. The summed E-state index contributed by atoms with van der Waals surface area (Å²) in [6, 6.07) is 13.0. The Morgan fingerprint density at radius 3 is 2.32 bits per heavy atom. The lowest BCUT2D eigenvalue weighted by molar-refractivity contribution is 0.0977. The van der Waals surface area contributed by atoms with Crippen LogP contribution in [-0.4, -0.2) is 37.8 Å². The normalized spacial score (nSPS) is 11.2. The molecule has 2 aromatic rings. The summed E-state index contributed by atoms with van der Waals surface area (Å²) in [7, 11) is -0.550. The minimum atomic E-state index is -3.48. The molecule has 0 aliphatic heterocycles. The van der Waals surface area contributed by atoms with Crippen LogP contribution in [0.1, 0.15) is 10.4 Å². The number of nitrogens with one attached hydrogen (secondary N) is 2. The molecule has 0 bridgehead atoms. The van der Waals surface area contributed by atoms with Crippen molar-refractivity contribution in [2.45, 2.75) is 4.90 Å². The number of nitrogens with zero attached hydrogens (tertiary/aromatic N) is 1. The number of sulfonamides is 1.